The summed E-state index contributed by atoms with van der Waals surface area (Å²) >= 11 is 0. The third-order valence-electron chi connectivity index (χ3n) is 1.57. The molecule has 0 aliphatic carbocycles. The number of anilines is 1. The predicted molar refractivity (Wildman–Crippen MR) is 44.8 cm³/mol. The fraction of sp³-hybridized carbons (Fsp3) is 0. The Balaban J connectivity index is 0.00000169. The van der Waals surface area contributed by atoms with Crippen molar-refractivity contribution in [2.45, 2.75) is 0 Å². The minimum Gasteiger partial charge on any atom is -0.478 e. The SMILES string of the molecule is Nc1c(C(=O)O)cccc1C(=O)O.[Co]. The molecular weight excluding hydrogens is 233 g/mol. The van der Waals surface area contributed by atoms with Crippen LogP contribution >= 0.6 is 0 Å². The van der Waals surface area contributed by atoms with Gasteiger partial charge in [-0.15, -0.1) is 0 Å². The van der Waals surface area contributed by atoms with Crippen molar-refractivity contribution in [1.29, 1.82) is 0 Å². The van der Waals surface area contributed by atoms with Gasteiger partial charge in [-0.2, -0.15) is 0 Å². The number of hydrogen-bond donors (Lipinski definition) is 3. The minimum absolute atomic E-state index is 0. The van der Waals surface area contributed by atoms with Crippen molar-refractivity contribution < 1.29 is 36.6 Å². The van der Waals surface area contributed by atoms with E-state index in [-0.39, 0.29) is 33.6 Å². The van der Waals surface area contributed by atoms with Gasteiger partial charge < -0.3 is 15.9 Å². The summed E-state index contributed by atoms with van der Waals surface area (Å²) in [6.07, 6.45) is 0. The van der Waals surface area contributed by atoms with Crippen LogP contribution in [0.4, 0.5) is 5.69 Å². The molecule has 6 heteroatoms. The summed E-state index contributed by atoms with van der Waals surface area (Å²) in [5.41, 5.74) is 4.71. The van der Waals surface area contributed by atoms with E-state index in [0.29, 0.717) is 0 Å². The first-order valence-electron chi connectivity index (χ1n) is 3.39. The molecule has 0 atom stereocenters. The number of carboxylic acids is 2. The molecule has 0 spiro atoms. The summed E-state index contributed by atoms with van der Waals surface area (Å²) in [6.45, 7) is 0. The molecule has 1 rings (SSSR count). The smallest absolute Gasteiger partial charge is 0.337 e. The van der Waals surface area contributed by atoms with Crippen molar-refractivity contribution in [2.24, 2.45) is 0 Å². The van der Waals surface area contributed by atoms with Crippen LogP contribution in [0.1, 0.15) is 20.7 Å². The summed E-state index contributed by atoms with van der Waals surface area (Å²) in [6, 6.07) is 3.84. The van der Waals surface area contributed by atoms with Crippen molar-refractivity contribution in [3.63, 3.8) is 0 Å². The fourth-order valence-electron chi connectivity index (χ4n) is 0.938. The maximum absolute atomic E-state index is 10.5. The summed E-state index contributed by atoms with van der Waals surface area (Å²) < 4.78 is 0. The Morgan fingerprint density at radius 2 is 1.43 bits per heavy atom. The molecular formula is C8H7CoNO4. The number of aromatic carboxylic acids is 2. The first kappa shape index (κ1) is 12.5. The summed E-state index contributed by atoms with van der Waals surface area (Å²) in [5, 5.41) is 17.2. The van der Waals surface area contributed by atoms with Crippen LogP contribution in [0.5, 0.6) is 0 Å². The molecule has 77 valence electrons. The third kappa shape index (κ3) is 2.24. The minimum atomic E-state index is -1.24. The molecule has 0 aliphatic rings. The van der Waals surface area contributed by atoms with E-state index in [2.05, 4.69) is 0 Å². The fourth-order valence-corrected chi connectivity index (χ4v) is 0.938. The largest absolute Gasteiger partial charge is 0.478 e. The van der Waals surface area contributed by atoms with Crippen LogP contribution in [0, 0.1) is 0 Å². The molecule has 0 unspecified atom stereocenters. The standard InChI is InChI=1S/C8H7NO4.Co/c9-6-4(7(10)11)2-1-3-5(6)8(12)13;/h1-3H,9H2,(H,10,11)(H,12,13);. The Bertz CT molecular complexity index is 345. The van der Waals surface area contributed by atoms with Gasteiger partial charge in [-0.05, 0) is 12.1 Å². The number of rotatable bonds is 2. The second-order valence-corrected chi connectivity index (χ2v) is 2.38. The Labute approximate surface area is 89.7 Å². The van der Waals surface area contributed by atoms with Gasteiger partial charge in [0, 0.05) is 16.8 Å². The molecule has 14 heavy (non-hydrogen) atoms. The van der Waals surface area contributed by atoms with Gasteiger partial charge in [0.25, 0.3) is 0 Å². The maximum atomic E-state index is 10.5. The monoisotopic (exact) mass is 240 g/mol. The molecule has 1 aromatic carbocycles. The van der Waals surface area contributed by atoms with Crippen LogP contribution in [0.15, 0.2) is 18.2 Å². The second kappa shape index (κ2) is 4.63. The number of benzene rings is 1. The van der Waals surface area contributed by atoms with E-state index in [9.17, 15) is 9.59 Å². The number of nitrogen functional groups attached to an aromatic ring is 1. The topological polar surface area (TPSA) is 101 Å². The van der Waals surface area contributed by atoms with E-state index < -0.39 is 11.9 Å². The number of carboxylic acid groups (broad SMARTS) is 2. The van der Waals surface area contributed by atoms with Crippen LogP contribution in [0.3, 0.4) is 0 Å². The molecule has 0 heterocycles. The van der Waals surface area contributed by atoms with Gasteiger partial charge in [0.1, 0.15) is 0 Å². The van der Waals surface area contributed by atoms with Gasteiger partial charge in [-0.25, -0.2) is 9.59 Å². The molecule has 0 aliphatic heterocycles. The molecule has 0 saturated heterocycles. The van der Waals surface area contributed by atoms with E-state index in [1.807, 2.05) is 0 Å². The van der Waals surface area contributed by atoms with Crippen LogP contribution in [-0.4, -0.2) is 22.2 Å². The van der Waals surface area contributed by atoms with Crippen LogP contribution < -0.4 is 5.73 Å². The van der Waals surface area contributed by atoms with E-state index in [1.165, 1.54) is 18.2 Å². The average Bonchev–Trinajstić information content (AvgIpc) is 2.03. The number of para-hydroxylation sites is 1. The number of carbonyl (C=O) groups is 2. The Morgan fingerprint density at radius 1 is 1.07 bits per heavy atom. The molecule has 1 aromatic rings. The second-order valence-electron chi connectivity index (χ2n) is 2.38. The summed E-state index contributed by atoms with van der Waals surface area (Å²) in [4.78, 5) is 21.0. The van der Waals surface area contributed by atoms with Gasteiger partial charge in [0.15, 0.2) is 0 Å². The molecule has 0 bridgehead atoms. The van der Waals surface area contributed by atoms with Crippen molar-refractivity contribution in [3.8, 4) is 0 Å². The molecule has 0 saturated carbocycles. The van der Waals surface area contributed by atoms with Crippen molar-refractivity contribution in [2.75, 3.05) is 5.73 Å². The number of hydrogen-bond acceptors (Lipinski definition) is 3. The van der Waals surface area contributed by atoms with Crippen molar-refractivity contribution in [1.82, 2.24) is 0 Å². The van der Waals surface area contributed by atoms with Gasteiger partial charge >= 0.3 is 11.9 Å². The van der Waals surface area contributed by atoms with E-state index in [1.54, 1.807) is 0 Å². The molecule has 1 radical (unpaired) electrons. The van der Waals surface area contributed by atoms with Crippen molar-refractivity contribution >= 4 is 17.6 Å². The normalized spacial score (nSPS) is 8.86. The quantitative estimate of drug-likeness (QED) is 0.659. The maximum Gasteiger partial charge on any atom is 0.337 e. The number of nitrogens with two attached hydrogens (primary N) is 1. The Kier molecular flexibility index (Phi) is 4.13. The Morgan fingerprint density at radius 3 is 1.71 bits per heavy atom. The molecule has 5 nitrogen and oxygen atoms in total. The zero-order valence-corrected chi connectivity index (χ0v) is 7.89. The van der Waals surface area contributed by atoms with Gasteiger partial charge in [-0.1, -0.05) is 6.07 Å². The first-order chi connectivity index (χ1) is 6.04. The zero-order valence-electron chi connectivity index (χ0n) is 6.85. The van der Waals surface area contributed by atoms with E-state index >= 15 is 0 Å². The van der Waals surface area contributed by atoms with E-state index in [0.717, 1.165) is 0 Å². The first-order valence-corrected chi connectivity index (χ1v) is 3.39. The van der Waals surface area contributed by atoms with Crippen LogP contribution in [0.2, 0.25) is 0 Å². The Hall–Kier alpha value is -1.53. The predicted octanol–water partition coefficient (Wildman–Crippen LogP) is 0.663. The zero-order chi connectivity index (χ0) is 10.0. The van der Waals surface area contributed by atoms with Crippen LogP contribution in [-0.2, 0) is 16.8 Å². The summed E-state index contributed by atoms with van der Waals surface area (Å²) in [5.74, 6) is -2.47. The van der Waals surface area contributed by atoms with Gasteiger partial charge in [0.05, 0.1) is 16.8 Å². The van der Waals surface area contributed by atoms with Gasteiger partial charge in [-0.3, -0.25) is 0 Å². The summed E-state index contributed by atoms with van der Waals surface area (Å²) in [7, 11) is 0. The third-order valence-corrected chi connectivity index (χ3v) is 1.57. The molecule has 0 fully saturated rings. The average molecular weight is 240 g/mol. The van der Waals surface area contributed by atoms with Crippen molar-refractivity contribution in [3.05, 3.63) is 29.3 Å². The molecule has 0 aromatic heterocycles. The van der Waals surface area contributed by atoms with E-state index in [4.69, 9.17) is 15.9 Å². The molecule has 0 amide bonds. The van der Waals surface area contributed by atoms with Crippen LogP contribution in [0.25, 0.3) is 0 Å². The molecule has 4 N–H and O–H groups in total. The van der Waals surface area contributed by atoms with Gasteiger partial charge in [0.2, 0.25) is 0 Å².